The van der Waals surface area contributed by atoms with E-state index < -0.39 is 11.3 Å². The number of nitrogens with zero attached hydrogens (tertiary/aromatic N) is 2. The van der Waals surface area contributed by atoms with Crippen molar-refractivity contribution in [1.29, 1.82) is 0 Å². The zero-order chi connectivity index (χ0) is 24.0. The first kappa shape index (κ1) is 23.8. The summed E-state index contributed by atoms with van der Waals surface area (Å²) < 4.78 is 13.5. The van der Waals surface area contributed by atoms with Crippen LogP contribution in [0.4, 0.5) is 0 Å². The Hall–Kier alpha value is -2.35. The fraction of sp³-hybridized carbons (Fsp3) is 0.720. The molecule has 0 spiro atoms. The van der Waals surface area contributed by atoms with Gasteiger partial charge in [-0.25, -0.2) is 4.68 Å². The minimum Gasteiger partial charge on any atom is -0.477 e. The van der Waals surface area contributed by atoms with Gasteiger partial charge in [-0.05, 0) is 69.6 Å². The highest BCUT2D eigenvalue weighted by molar-refractivity contribution is 5.96. The van der Waals surface area contributed by atoms with Gasteiger partial charge in [-0.15, -0.1) is 0 Å². The predicted molar refractivity (Wildman–Crippen MR) is 125 cm³/mol. The molecule has 4 saturated carbocycles. The van der Waals surface area contributed by atoms with Crippen LogP contribution in [0.2, 0.25) is 0 Å². The van der Waals surface area contributed by atoms with E-state index in [1.54, 1.807) is 32.3 Å². The molecule has 4 fully saturated rings. The maximum Gasteiger partial charge on any atom is 0.258 e. The smallest absolute Gasteiger partial charge is 0.258 e. The summed E-state index contributed by atoms with van der Waals surface area (Å²) >= 11 is 0. The van der Waals surface area contributed by atoms with Crippen molar-refractivity contribution in [3.8, 4) is 5.88 Å². The van der Waals surface area contributed by atoms with E-state index in [2.05, 4.69) is 10.4 Å². The van der Waals surface area contributed by atoms with Gasteiger partial charge in [0, 0.05) is 19.4 Å². The largest absolute Gasteiger partial charge is 0.477 e. The van der Waals surface area contributed by atoms with E-state index in [0.717, 1.165) is 32.1 Å². The number of carbonyl (C=O) groups excluding carboxylic acids is 2. The van der Waals surface area contributed by atoms with E-state index in [4.69, 9.17) is 15.2 Å². The predicted octanol–water partition coefficient (Wildman–Crippen LogP) is 3.22. The Bertz CT molecular complexity index is 919. The number of hydrogen-bond donors (Lipinski definition) is 2. The van der Waals surface area contributed by atoms with Gasteiger partial charge in [0.1, 0.15) is 5.56 Å². The van der Waals surface area contributed by atoms with Gasteiger partial charge >= 0.3 is 0 Å². The third-order valence-electron chi connectivity index (χ3n) is 7.76. The van der Waals surface area contributed by atoms with Crippen molar-refractivity contribution in [2.75, 3.05) is 13.7 Å². The van der Waals surface area contributed by atoms with Gasteiger partial charge in [0.15, 0.2) is 0 Å². The lowest BCUT2D eigenvalue weighted by Crippen LogP contribution is -2.62. The molecule has 182 valence electrons. The molecule has 1 aromatic heterocycles. The summed E-state index contributed by atoms with van der Waals surface area (Å²) in [6, 6.07) is 0.156. The first-order valence-corrected chi connectivity index (χ1v) is 12.1. The molecule has 4 aliphatic rings. The molecule has 0 aliphatic heterocycles. The van der Waals surface area contributed by atoms with E-state index in [1.165, 1.54) is 4.68 Å². The van der Waals surface area contributed by atoms with Gasteiger partial charge in [-0.2, -0.15) is 5.10 Å². The highest BCUT2D eigenvalue weighted by Crippen LogP contribution is 2.57. The molecule has 1 heterocycles. The van der Waals surface area contributed by atoms with Crippen LogP contribution in [-0.4, -0.2) is 47.0 Å². The molecule has 4 aliphatic carbocycles. The number of hydrogen-bond acceptors (Lipinski definition) is 5. The van der Waals surface area contributed by atoms with E-state index in [-0.39, 0.29) is 23.5 Å². The molecular weight excluding hydrogens is 420 g/mol. The number of aromatic nitrogens is 2. The summed E-state index contributed by atoms with van der Waals surface area (Å²) in [6.07, 6.45) is 10.4. The molecule has 1 aromatic rings. The summed E-state index contributed by atoms with van der Waals surface area (Å²) in [6.45, 7) is 8.01. The Morgan fingerprint density at radius 3 is 2.55 bits per heavy atom. The van der Waals surface area contributed by atoms with Crippen molar-refractivity contribution in [3.63, 3.8) is 0 Å². The standard InChI is InChI=1S/C25H38N4O4/c1-15(2)14-33-22-19(13-27-29(22)7-6-24(3,4)23(26)31)21(30)28-20-17-8-16-9-18(20)12-25(10-16,11-17)32-5/h6-7,13,15-18,20H,8-12,14H2,1-5H3,(H2,26,31)(H,28,30). The van der Waals surface area contributed by atoms with Crippen LogP contribution in [0.5, 0.6) is 5.88 Å². The number of ether oxygens (including phenoxy) is 2. The monoisotopic (exact) mass is 458 g/mol. The minimum atomic E-state index is -0.846. The number of primary amides is 1. The molecule has 2 amide bonds. The molecule has 33 heavy (non-hydrogen) atoms. The summed E-state index contributed by atoms with van der Waals surface area (Å²) in [7, 11) is 1.83. The Morgan fingerprint density at radius 1 is 1.30 bits per heavy atom. The fourth-order valence-electron chi connectivity index (χ4n) is 6.01. The van der Waals surface area contributed by atoms with Crippen LogP contribution in [0.1, 0.15) is 70.2 Å². The van der Waals surface area contributed by atoms with Crippen LogP contribution < -0.4 is 15.8 Å². The van der Waals surface area contributed by atoms with E-state index in [0.29, 0.717) is 35.8 Å². The van der Waals surface area contributed by atoms with Gasteiger partial charge < -0.3 is 20.5 Å². The molecule has 0 radical (unpaired) electrons. The average Bonchev–Trinajstić information content (AvgIpc) is 3.15. The lowest BCUT2D eigenvalue weighted by molar-refractivity contribution is -0.156. The molecule has 8 nitrogen and oxygen atoms in total. The summed E-state index contributed by atoms with van der Waals surface area (Å²) in [5.74, 6) is 1.68. The SMILES string of the molecule is COC12CC3CC(C1)C(NC(=O)c1cnn(C=CC(C)(C)C(N)=O)c1OCC(C)C)C(C3)C2. The Kier molecular flexibility index (Phi) is 6.33. The molecule has 4 bridgehead atoms. The van der Waals surface area contributed by atoms with Crippen molar-refractivity contribution in [2.45, 2.75) is 71.4 Å². The Morgan fingerprint density at radius 2 is 1.97 bits per heavy atom. The van der Waals surface area contributed by atoms with Crippen molar-refractivity contribution in [3.05, 3.63) is 17.8 Å². The van der Waals surface area contributed by atoms with Gasteiger partial charge in [0.25, 0.3) is 5.91 Å². The molecule has 0 saturated heterocycles. The first-order chi connectivity index (χ1) is 15.5. The van der Waals surface area contributed by atoms with Gasteiger partial charge in [0.2, 0.25) is 11.8 Å². The van der Waals surface area contributed by atoms with Crippen molar-refractivity contribution < 1.29 is 19.1 Å². The maximum absolute atomic E-state index is 13.4. The van der Waals surface area contributed by atoms with Crippen LogP contribution >= 0.6 is 0 Å². The number of nitrogens with two attached hydrogens (primary N) is 1. The van der Waals surface area contributed by atoms with Crippen LogP contribution in [0.25, 0.3) is 6.20 Å². The molecule has 2 unspecified atom stereocenters. The number of nitrogens with one attached hydrogen (secondary N) is 1. The molecule has 2 atom stereocenters. The van der Waals surface area contributed by atoms with Gasteiger partial charge in [0.05, 0.1) is 23.8 Å². The van der Waals surface area contributed by atoms with E-state index in [9.17, 15) is 9.59 Å². The second-order valence-electron chi connectivity index (χ2n) is 11.3. The van der Waals surface area contributed by atoms with E-state index in [1.807, 2.05) is 21.0 Å². The summed E-state index contributed by atoms with van der Waals surface area (Å²) in [5, 5.41) is 7.68. The topological polar surface area (TPSA) is 108 Å². The van der Waals surface area contributed by atoms with Crippen LogP contribution in [-0.2, 0) is 9.53 Å². The lowest BCUT2D eigenvalue weighted by Gasteiger charge is -2.59. The number of methoxy groups -OCH3 is 1. The molecular formula is C25H38N4O4. The highest BCUT2D eigenvalue weighted by Gasteiger charge is 2.56. The van der Waals surface area contributed by atoms with Crippen molar-refractivity contribution in [1.82, 2.24) is 15.1 Å². The molecule has 5 rings (SSSR count). The fourth-order valence-corrected chi connectivity index (χ4v) is 6.01. The van der Waals surface area contributed by atoms with Crippen LogP contribution in [0.3, 0.4) is 0 Å². The molecule has 0 aromatic carbocycles. The zero-order valence-electron chi connectivity index (χ0n) is 20.5. The van der Waals surface area contributed by atoms with Crippen molar-refractivity contribution in [2.24, 2.45) is 34.8 Å². The second kappa shape index (κ2) is 8.78. The summed E-state index contributed by atoms with van der Waals surface area (Å²) in [5.41, 5.74) is 5.05. The minimum absolute atomic E-state index is 0.00612. The second-order valence-corrected chi connectivity index (χ2v) is 11.3. The lowest BCUT2D eigenvalue weighted by atomic mass is 9.52. The average molecular weight is 459 g/mol. The molecule has 3 N–H and O–H groups in total. The van der Waals surface area contributed by atoms with Crippen LogP contribution in [0.15, 0.2) is 12.3 Å². The normalized spacial score (nSPS) is 30.8. The summed E-state index contributed by atoms with van der Waals surface area (Å²) in [4.78, 5) is 25.1. The number of amides is 2. The van der Waals surface area contributed by atoms with Crippen LogP contribution in [0, 0.1) is 29.1 Å². The third-order valence-corrected chi connectivity index (χ3v) is 7.76. The molecule has 8 heteroatoms. The maximum atomic E-state index is 13.4. The quantitative estimate of drug-likeness (QED) is 0.591. The van der Waals surface area contributed by atoms with Gasteiger partial charge in [-0.3, -0.25) is 9.59 Å². The highest BCUT2D eigenvalue weighted by atomic mass is 16.5. The van der Waals surface area contributed by atoms with E-state index >= 15 is 0 Å². The van der Waals surface area contributed by atoms with Crippen molar-refractivity contribution >= 4 is 18.0 Å². The Balaban J connectivity index is 1.54. The Labute approximate surface area is 196 Å². The van der Waals surface area contributed by atoms with Gasteiger partial charge in [-0.1, -0.05) is 19.9 Å². The third kappa shape index (κ3) is 4.67. The first-order valence-electron chi connectivity index (χ1n) is 12.1. The zero-order valence-corrected chi connectivity index (χ0v) is 20.5. The number of carbonyl (C=O) groups is 2. The number of rotatable bonds is 9.